The molecule has 0 heterocycles. The Morgan fingerprint density at radius 2 is 1.85 bits per heavy atom. The molecule has 0 aliphatic carbocycles. The Balaban J connectivity index is 2.13. The first-order valence-corrected chi connectivity index (χ1v) is 7.24. The molecule has 2 rings (SSSR count). The maximum absolute atomic E-state index is 12.2. The fourth-order valence-electron chi connectivity index (χ4n) is 1.92. The fraction of sp³-hybridized carbons (Fsp3) is 0.188. The number of amides is 1. The topological polar surface area (TPSA) is 29.1 Å². The second-order valence-electron chi connectivity index (χ2n) is 4.50. The van der Waals surface area contributed by atoms with Crippen LogP contribution in [0, 0.1) is 6.92 Å². The molecule has 0 radical (unpaired) electrons. The van der Waals surface area contributed by atoms with Gasteiger partial charge < -0.3 is 5.32 Å². The summed E-state index contributed by atoms with van der Waals surface area (Å²) in [4.78, 5) is 12.2. The second-order valence-corrected chi connectivity index (χ2v) is 5.29. The molecule has 0 aromatic heterocycles. The van der Waals surface area contributed by atoms with Gasteiger partial charge in [0.15, 0.2) is 0 Å². The molecule has 1 N–H and O–H groups in total. The third kappa shape index (κ3) is 3.53. The minimum Gasteiger partial charge on any atom is -0.322 e. The molecule has 0 saturated carbocycles. The molecule has 0 aliphatic rings. The lowest BCUT2D eigenvalue weighted by atomic mass is 10.1. The van der Waals surface area contributed by atoms with Crippen LogP contribution in [0.25, 0.3) is 0 Å². The summed E-state index contributed by atoms with van der Waals surface area (Å²) < 4.78 is 0. The third-order valence-electron chi connectivity index (χ3n) is 3.11. The Labute approximate surface area is 128 Å². The molecule has 0 spiro atoms. The normalized spacial score (nSPS) is 10.3. The van der Waals surface area contributed by atoms with E-state index in [9.17, 15) is 4.79 Å². The number of halogens is 2. The summed E-state index contributed by atoms with van der Waals surface area (Å²) in [5.74, 6) is 0.433. The van der Waals surface area contributed by atoms with E-state index < -0.39 is 0 Å². The number of carbonyl (C=O) groups is 1. The Kier molecular flexibility index (Phi) is 5.05. The minimum absolute atomic E-state index is 0.157. The van der Waals surface area contributed by atoms with E-state index in [-0.39, 0.29) is 5.91 Å². The molecule has 1 amide bonds. The van der Waals surface area contributed by atoms with Gasteiger partial charge in [0.05, 0.1) is 0 Å². The lowest BCUT2D eigenvalue weighted by Crippen LogP contribution is -2.13. The highest BCUT2D eigenvalue weighted by atomic mass is 35.5. The Morgan fingerprint density at radius 1 is 1.15 bits per heavy atom. The van der Waals surface area contributed by atoms with Gasteiger partial charge >= 0.3 is 0 Å². The summed E-state index contributed by atoms with van der Waals surface area (Å²) in [5, 5.41) is 3.46. The first-order chi connectivity index (χ1) is 9.61. The summed E-state index contributed by atoms with van der Waals surface area (Å²) in [6.07, 6.45) is 0.823. The van der Waals surface area contributed by atoms with Crippen LogP contribution >= 0.6 is 23.2 Å². The van der Waals surface area contributed by atoms with Crippen molar-refractivity contribution in [1.82, 2.24) is 0 Å². The molecule has 0 aliphatic heterocycles. The zero-order valence-electron chi connectivity index (χ0n) is 11.1. The molecule has 2 aromatic carbocycles. The SMILES string of the molecule is Cc1c(Cl)cccc1C(=O)Nc1ccc(CCCl)cc1. The molecule has 20 heavy (non-hydrogen) atoms. The Bertz CT molecular complexity index is 608. The number of rotatable bonds is 4. The van der Waals surface area contributed by atoms with Gasteiger partial charge in [0, 0.05) is 22.2 Å². The van der Waals surface area contributed by atoms with Crippen molar-refractivity contribution in [2.75, 3.05) is 11.2 Å². The smallest absolute Gasteiger partial charge is 0.255 e. The predicted molar refractivity (Wildman–Crippen MR) is 85.0 cm³/mol. The molecule has 0 saturated heterocycles. The van der Waals surface area contributed by atoms with Gasteiger partial charge in [0.1, 0.15) is 0 Å². The largest absolute Gasteiger partial charge is 0.322 e. The molecular weight excluding hydrogens is 293 g/mol. The number of carbonyl (C=O) groups excluding carboxylic acids is 1. The van der Waals surface area contributed by atoms with Gasteiger partial charge in [-0.15, -0.1) is 11.6 Å². The standard InChI is InChI=1S/C16H15Cl2NO/c1-11-14(3-2-4-15(11)18)16(20)19-13-7-5-12(6-8-13)9-10-17/h2-8H,9-10H2,1H3,(H,19,20). The summed E-state index contributed by atoms with van der Waals surface area (Å²) in [5.41, 5.74) is 3.28. The van der Waals surface area contributed by atoms with Crippen molar-refractivity contribution in [3.8, 4) is 0 Å². The van der Waals surface area contributed by atoms with Gasteiger partial charge in [-0.1, -0.05) is 29.8 Å². The zero-order valence-corrected chi connectivity index (χ0v) is 12.6. The van der Waals surface area contributed by atoms with Crippen LogP contribution in [-0.4, -0.2) is 11.8 Å². The molecule has 0 atom stereocenters. The highest BCUT2D eigenvalue weighted by Gasteiger charge is 2.10. The molecule has 0 fully saturated rings. The summed E-state index contributed by atoms with van der Waals surface area (Å²) >= 11 is 11.7. The summed E-state index contributed by atoms with van der Waals surface area (Å²) in [7, 11) is 0. The molecular formula is C16H15Cl2NO. The number of nitrogens with one attached hydrogen (secondary N) is 1. The van der Waals surface area contributed by atoms with Crippen molar-refractivity contribution in [3.05, 3.63) is 64.2 Å². The molecule has 2 aromatic rings. The van der Waals surface area contributed by atoms with E-state index in [0.717, 1.165) is 23.2 Å². The first kappa shape index (κ1) is 14.9. The van der Waals surface area contributed by atoms with E-state index in [1.807, 2.05) is 31.2 Å². The van der Waals surface area contributed by atoms with Gasteiger partial charge in [-0.25, -0.2) is 0 Å². The van der Waals surface area contributed by atoms with Gasteiger partial charge in [0.25, 0.3) is 5.91 Å². The van der Waals surface area contributed by atoms with Crippen LogP contribution in [0.4, 0.5) is 5.69 Å². The quantitative estimate of drug-likeness (QED) is 0.816. The fourth-order valence-corrected chi connectivity index (χ4v) is 2.31. The number of alkyl halides is 1. The summed E-state index contributed by atoms with van der Waals surface area (Å²) in [6, 6.07) is 13.0. The van der Waals surface area contributed by atoms with E-state index >= 15 is 0 Å². The zero-order chi connectivity index (χ0) is 14.5. The van der Waals surface area contributed by atoms with Crippen LogP contribution in [-0.2, 0) is 6.42 Å². The lowest BCUT2D eigenvalue weighted by molar-refractivity contribution is 0.102. The van der Waals surface area contributed by atoms with Crippen molar-refractivity contribution >= 4 is 34.8 Å². The number of hydrogen-bond acceptors (Lipinski definition) is 1. The van der Waals surface area contributed by atoms with Crippen LogP contribution < -0.4 is 5.32 Å². The average Bonchev–Trinajstić information content (AvgIpc) is 2.44. The highest BCUT2D eigenvalue weighted by Crippen LogP contribution is 2.20. The molecule has 4 heteroatoms. The minimum atomic E-state index is -0.157. The van der Waals surface area contributed by atoms with Crippen LogP contribution in [0.5, 0.6) is 0 Å². The Morgan fingerprint density at radius 3 is 2.50 bits per heavy atom. The van der Waals surface area contributed by atoms with Crippen molar-refractivity contribution in [1.29, 1.82) is 0 Å². The maximum Gasteiger partial charge on any atom is 0.255 e. The van der Waals surface area contributed by atoms with Crippen LogP contribution in [0.2, 0.25) is 5.02 Å². The van der Waals surface area contributed by atoms with Crippen molar-refractivity contribution in [2.24, 2.45) is 0 Å². The number of hydrogen-bond donors (Lipinski definition) is 1. The Hall–Kier alpha value is -1.51. The van der Waals surface area contributed by atoms with E-state index in [1.54, 1.807) is 18.2 Å². The van der Waals surface area contributed by atoms with Crippen molar-refractivity contribution < 1.29 is 4.79 Å². The summed E-state index contributed by atoms with van der Waals surface area (Å²) in [6.45, 7) is 1.83. The third-order valence-corrected chi connectivity index (χ3v) is 3.71. The highest BCUT2D eigenvalue weighted by molar-refractivity contribution is 6.32. The van der Waals surface area contributed by atoms with Crippen LogP contribution in [0.1, 0.15) is 21.5 Å². The van der Waals surface area contributed by atoms with E-state index in [1.165, 1.54) is 0 Å². The van der Waals surface area contributed by atoms with E-state index in [4.69, 9.17) is 23.2 Å². The van der Waals surface area contributed by atoms with E-state index in [2.05, 4.69) is 5.32 Å². The number of benzene rings is 2. The first-order valence-electron chi connectivity index (χ1n) is 6.33. The van der Waals surface area contributed by atoms with Gasteiger partial charge in [-0.3, -0.25) is 4.79 Å². The van der Waals surface area contributed by atoms with Crippen LogP contribution in [0.15, 0.2) is 42.5 Å². The lowest BCUT2D eigenvalue weighted by Gasteiger charge is -2.09. The predicted octanol–water partition coefficient (Wildman–Crippen LogP) is 4.68. The van der Waals surface area contributed by atoms with E-state index in [0.29, 0.717) is 16.5 Å². The van der Waals surface area contributed by atoms with Crippen molar-refractivity contribution in [2.45, 2.75) is 13.3 Å². The van der Waals surface area contributed by atoms with Crippen molar-refractivity contribution in [3.63, 3.8) is 0 Å². The molecule has 104 valence electrons. The van der Waals surface area contributed by atoms with Crippen LogP contribution in [0.3, 0.4) is 0 Å². The molecule has 0 unspecified atom stereocenters. The maximum atomic E-state index is 12.2. The van der Waals surface area contributed by atoms with Gasteiger partial charge in [0.2, 0.25) is 0 Å². The second kappa shape index (κ2) is 6.78. The number of anilines is 1. The van der Waals surface area contributed by atoms with Gasteiger partial charge in [-0.05, 0) is 48.7 Å². The van der Waals surface area contributed by atoms with Gasteiger partial charge in [-0.2, -0.15) is 0 Å². The average molecular weight is 308 g/mol. The molecule has 0 bridgehead atoms. The monoisotopic (exact) mass is 307 g/mol. The number of aryl methyl sites for hydroxylation is 1. The molecule has 2 nitrogen and oxygen atoms in total.